The number of nitrogens with zero attached hydrogens (tertiary/aromatic N) is 1. The quantitative estimate of drug-likeness (QED) is 0.449. The number of guanidine groups is 1. The van der Waals surface area contributed by atoms with E-state index >= 15 is 0 Å². The summed E-state index contributed by atoms with van der Waals surface area (Å²) in [7, 11) is 0. The molecule has 0 aromatic carbocycles. The zero-order chi connectivity index (χ0) is 11.3. The molecule has 0 aliphatic heterocycles. The van der Waals surface area contributed by atoms with Crippen molar-refractivity contribution in [1.82, 2.24) is 5.32 Å². The van der Waals surface area contributed by atoms with Gasteiger partial charge >= 0.3 is 0 Å². The number of aliphatic hydroxyl groups is 1. The molecular weight excluding hydrogens is 190 g/mol. The Bertz CT molecular complexity index is 222. The van der Waals surface area contributed by atoms with Gasteiger partial charge in [0.2, 0.25) is 0 Å². The molecule has 1 fully saturated rings. The average molecular weight is 213 g/mol. The maximum Gasteiger partial charge on any atom is 0.188 e. The fourth-order valence-electron chi connectivity index (χ4n) is 1.34. The number of aliphatic hydroxyl groups excluding tert-OH is 1. The highest BCUT2D eigenvalue weighted by atomic mass is 16.3. The monoisotopic (exact) mass is 213 g/mol. The van der Waals surface area contributed by atoms with Gasteiger partial charge in [0.15, 0.2) is 5.96 Å². The highest BCUT2D eigenvalue weighted by Gasteiger charge is 2.41. The Kier molecular flexibility index (Phi) is 4.39. The summed E-state index contributed by atoms with van der Waals surface area (Å²) >= 11 is 0. The van der Waals surface area contributed by atoms with Gasteiger partial charge in [0.25, 0.3) is 0 Å². The van der Waals surface area contributed by atoms with Crippen LogP contribution in [0.5, 0.6) is 0 Å². The van der Waals surface area contributed by atoms with Crippen molar-refractivity contribution in [1.29, 1.82) is 0 Å². The SMILES string of the molecule is CC(C)CCNC(N)=NCC1(CO)CC1. The van der Waals surface area contributed by atoms with Crippen LogP contribution in [-0.2, 0) is 0 Å². The van der Waals surface area contributed by atoms with Crippen LogP contribution in [0.25, 0.3) is 0 Å². The second-order valence-electron chi connectivity index (χ2n) is 4.97. The van der Waals surface area contributed by atoms with Crippen LogP contribution in [0.15, 0.2) is 4.99 Å². The summed E-state index contributed by atoms with van der Waals surface area (Å²) in [6.45, 7) is 6.12. The molecule has 1 saturated carbocycles. The Morgan fingerprint density at radius 1 is 1.53 bits per heavy atom. The third-order valence-electron chi connectivity index (χ3n) is 2.91. The first-order chi connectivity index (χ1) is 7.08. The van der Waals surface area contributed by atoms with Gasteiger partial charge < -0.3 is 16.2 Å². The fraction of sp³-hybridized carbons (Fsp3) is 0.909. The molecule has 4 N–H and O–H groups in total. The van der Waals surface area contributed by atoms with Crippen molar-refractivity contribution in [3.63, 3.8) is 0 Å². The van der Waals surface area contributed by atoms with Crippen molar-refractivity contribution in [2.75, 3.05) is 19.7 Å². The molecule has 0 aromatic rings. The van der Waals surface area contributed by atoms with E-state index in [1.807, 2.05) is 0 Å². The molecule has 15 heavy (non-hydrogen) atoms. The summed E-state index contributed by atoms with van der Waals surface area (Å²) in [5.74, 6) is 1.19. The van der Waals surface area contributed by atoms with Gasteiger partial charge in [0.1, 0.15) is 0 Å². The zero-order valence-electron chi connectivity index (χ0n) is 9.79. The molecule has 88 valence electrons. The Balaban J connectivity index is 2.16. The standard InChI is InChI=1S/C11H23N3O/c1-9(2)3-6-13-10(12)14-7-11(8-15)4-5-11/h9,15H,3-8H2,1-2H3,(H3,12,13,14). The van der Waals surface area contributed by atoms with Gasteiger partial charge in [-0.05, 0) is 25.2 Å². The van der Waals surface area contributed by atoms with Gasteiger partial charge in [0.05, 0.1) is 13.2 Å². The van der Waals surface area contributed by atoms with Gasteiger partial charge in [-0.25, -0.2) is 0 Å². The molecule has 0 unspecified atom stereocenters. The van der Waals surface area contributed by atoms with Crippen molar-refractivity contribution in [2.24, 2.45) is 22.1 Å². The number of hydrogen-bond acceptors (Lipinski definition) is 2. The van der Waals surface area contributed by atoms with Gasteiger partial charge in [-0.1, -0.05) is 13.8 Å². The van der Waals surface area contributed by atoms with Crippen molar-refractivity contribution in [2.45, 2.75) is 33.1 Å². The summed E-state index contributed by atoms with van der Waals surface area (Å²) in [5, 5.41) is 12.2. The fourth-order valence-corrected chi connectivity index (χ4v) is 1.34. The lowest BCUT2D eigenvalue weighted by molar-refractivity contribution is 0.217. The van der Waals surface area contributed by atoms with Crippen molar-refractivity contribution >= 4 is 5.96 Å². The average Bonchev–Trinajstić information content (AvgIpc) is 2.95. The van der Waals surface area contributed by atoms with E-state index in [-0.39, 0.29) is 12.0 Å². The zero-order valence-corrected chi connectivity index (χ0v) is 9.79. The van der Waals surface area contributed by atoms with Crippen LogP contribution < -0.4 is 11.1 Å². The van der Waals surface area contributed by atoms with E-state index in [9.17, 15) is 0 Å². The first kappa shape index (κ1) is 12.3. The summed E-state index contributed by atoms with van der Waals surface area (Å²) < 4.78 is 0. The van der Waals surface area contributed by atoms with Crippen LogP contribution in [0.2, 0.25) is 0 Å². The summed E-state index contributed by atoms with van der Waals surface area (Å²) in [4.78, 5) is 4.25. The molecule has 1 aliphatic rings. The summed E-state index contributed by atoms with van der Waals surface area (Å²) in [5.41, 5.74) is 5.77. The molecule has 0 heterocycles. The van der Waals surface area contributed by atoms with Crippen LogP contribution in [0, 0.1) is 11.3 Å². The molecule has 4 nitrogen and oxygen atoms in total. The molecule has 0 spiro atoms. The lowest BCUT2D eigenvalue weighted by atomic mass is 10.1. The lowest BCUT2D eigenvalue weighted by Gasteiger charge is -2.10. The Morgan fingerprint density at radius 2 is 2.20 bits per heavy atom. The van der Waals surface area contributed by atoms with E-state index in [1.165, 1.54) is 0 Å². The maximum atomic E-state index is 9.09. The third-order valence-corrected chi connectivity index (χ3v) is 2.91. The molecule has 4 heteroatoms. The van der Waals surface area contributed by atoms with Crippen LogP contribution in [0.4, 0.5) is 0 Å². The van der Waals surface area contributed by atoms with Crippen LogP contribution in [0.1, 0.15) is 33.1 Å². The molecule has 0 amide bonds. The van der Waals surface area contributed by atoms with Crippen LogP contribution >= 0.6 is 0 Å². The van der Waals surface area contributed by atoms with E-state index < -0.39 is 0 Å². The Morgan fingerprint density at radius 3 is 2.67 bits per heavy atom. The van der Waals surface area contributed by atoms with Gasteiger partial charge in [-0.15, -0.1) is 0 Å². The van der Waals surface area contributed by atoms with Crippen LogP contribution in [0.3, 0.4) is 0 Å². The second-order valence-corrected chi connectivity index (χ2v) is 4.97. The number of nitrogens with two attached hydrogens (primary N) is 1. The summed E-state index contributed by atoms with van der Waals surface area (Å²) in [6, 6.07) is 0. The molecule has 0 atom stereocenters. The molecular formula is C11H23N3O. The van der Waals surface area contributed by atoms with Gasteiger partial charge in [-0.2, -0.15) is 0 Å². The van der Waals surface area contributed by atoms with Gasteiger partial charge in [0, 0.05) is 12.0 Å². The van der Waals surface area contributed by atoms with Crippen molar-refractivity contribution in [3.05, 3.63) is 0 Å². The Labute approximate surface area is 92.0 Å². The minimum absolute atomic E-state index is 0.0599. The number of hydrogen-bond donors (Lipinski definition) is 3. The highest BCUT2D eigenvalue weighted by molar-refractivity contribution is 5.77. The number of aliphatic imine (C=N–C) groups is 1. The molecule has 0 radical (unpaired) electrons. The molecule has 0 aromatic heterocycles. The smallest absolute Gasteiger partial charge is 0.188 e. The highest BCUT2D eigenvalue weighted by Crippen LogP contribution is 2.45. The van der Waals surface area contributed by atoms with E-state index in [2.05, 4.69) is 24.2 Å². The largest absolute Gasteiger partial charge is 0.396 e. The molecule has 1 aliphatic carbocycles. The lowest BCUT2D eigenvalue weighted by Crippen LogP contribution is -2.33. The normalized spacial score (nSPS) is 19.3. The van der Waals surface area contributed by atoms with Gasteiger partial charge in [-0.3, -0.25) is 4.99 Å². The number of rotatable bonds is 6. The predicted octanol–water partition coefficient (Wildman–Crippen LogP) is 0.709. The minimum atomic E-state index is 0.0599. The second kappa shape index (κ2) is 5.35. The van der Waals surface area contributed by atoms with Crippen molar-refractivity contribution < 1.29 is 5.11 Å². The molecule has 1 rings (SSSR count). The molecule has 0 bridgehead atoms. The predicted molar refractivity (Wildman–Crippen MR) is 62.7 cm³/mol. The minimum Gasteiger partial charge on any atom is -0.396 e. The third kappa shape index (κ3) is 4.51. The summed E-state index contributed by atoms with van der Waals surface area (Å²) in [6.07, 6.45) is 3.25. The topological polar surface area (TPSA) is 70.6 Å². The van der Waals surface area contributed by atoms with E-state index in [0.717, 1.165) is 25.8 Å². The van der Waals surface area contributed by atoms with E-state index in [0.29, 0.717) is 18.4 Å². The van der Waals surface area contributed by atoms with E-state index in [1.54, 1.807) is 0 Å². The van der Waals surface area contributed by atoms with Crippen molar-refractivity contribution in [3.8, 4) is 0 Å². The Hall–Kier alpha value is -0.770. The first-order valence-electron chi connectivity index (χ1n) is 5.73. The molecule has 0 saturated heterocycles. The maximum absolute atomic E-state index is 9.09. The number of nitrogens with one attached hydrogen (secondary N) is 1. The van der Waals surface area contributed by atoms with Crippen LogP contribution in [-0.4, -0.2) is 30.8 Å². The van der Waals surface area contributed by atoms with E-state index in [4.69, 9.17) is 10.8 Å². The first-order valence-corrected chi connectivity index (χ1v) is 5.73.